The van der Waals surface area contributed by atoms with E-state index in [9.17, 15) is 9.59 Å². The zero-order valence-corrected chi connectivity index (χ0v) is 20.6. The number of hydrogen-bond donors (Lipinski definition) is 2. The molecule has 0 unspecified atom stereocenters. The van der Waals surface area contributed by atoms with Gasteiger partial charge in [0.15, 0.2) is 0 Å². The van der Waals surface area contributed by atoms with E-state index in [1.54, 1.807) is 24.3 Å². The van der Waals surface area contributed by atoms with Crippen LogP contribution in [0.3, 0.4) is 0 Å². The van der Waals surface area contributed by atoms with Gasteiger partial charge < -0.3 is 20.3 Å². The van der Waals surface area contributed by atoms with Gasteiger partial charge in [0.05, 0.1) is 13.2 Å². The number of rotatable bonds is 13. The summed E-state index contributed by atoms with van der Waals surface area (Å²) >= 11 is 0. The predicted molar refractivity (Wildman–Crippen MR) is 142 cm³/mol. The van der Waals surface area contributed by atoms with E-state index < -0.39 is 0 Å². The van der Waals surface area contributed by atoms with Crippen molar-refractivity contribution in [3.8, 4) is 5.75 Å². The fourth-order valence-corrected chi connectivity index (χ4v) is 3.76. The van der Waals surface area contributed by atoms with Crippen LogP contribution < -0.4 is 15.4 Å². The maximum absolute atomic E-state index is 12.8. The Labute approximate surface area is 208 Å². The zero-order valence-electron chi connectivity index (χ0n) is 20.6. The number of benzene rings is 3. The molecule has 0 aliphatic rings. The molecule has 3 rings (SSSR count). The number of anilines is 2. The van der Waals surface area contributed by atoms with Gasteiger partial charge in [0.2, 0.25) is 5.91 Å². The van der Waals surface area contributed by atoms with Gasteiger partial charge in [-0.3, -0.25) is 9.59 Å². The van der Waals surface area contributed by atoms with Crippen LogP contribution in [0.2, 0.25) is 0 Å². The van der Waals surface area contributed by atoms with Gasteiger partial charge in [-0.15, -0.1) is 0 Å². The molecule has 35 heavy (non-hydrogen) atoms. The summed E-state index contributed by atoms with van der Waals surface area (Å²) in [6, 6.07) is 24.9. The summed E-state index contributed by atoms with van der Waals surface area (Å²) in [6.45, 7) is 6.30. The third kappa shape index (κ3) is 8.49. The van der Waals surface area contributed by atoms with E-state index in [0.29, 0.717) is 17.9 Å². The third-order valence-corrected chi connectivity index (χ3v) is 5.48. The molecule has 6 heteroatoms. The van der Waals surface area contributed by atoms with Crippen molar-refractivity contribution in [2.75, 3.05) is 36.9 Å². The van der Waals surface area contributed by atoms with Crippen LogP contribution >= 0.6 is 0 Å². The van der Waals surface area contributed by atoms with Gasteiger partial charge >= 0.3 is 0 Å². The Hall–Kier alpha value is -3.80. The summed E-state index contributed by atoms with van der Waals surface area (Å²) < 4.78 is 5.81. The van der Waals surface area contributed by atoms with Crippen LogP contribution in [0.4, 0.5) is 11.4 Å². The number of nitrogens with one attached hydrogen (secondary N) is 2. The first-order chi connectivity index (χ1) is 17.1. The molecule has 0 atom stereocenters. The van der Waals surface area contributed by atoms with Crippen LogP contribution in [0.5, 0.6) is 5.75 Å². The lowest BCUT2D eigenvalue weighted by Crippen LogP contribution is -2.32. The van der Waals surface area contributed by atoms with Gasteiger partial charge in [0, 0.05) is 36.4 Å². The minimum Gasteiger partial charge on any atom is -0.493 e. The largest absolute Gasteiger partial charge is 0.493 e. The van der Waals surface area contributed by atoms with Gasteiger partial charge in [-0.1, -0.05) is 50.2 Å². The fourth-order valence-electron chi connectivity index (χ4n) is 3.76. The van der Waals surface area contributed by atoms with E-state index in [4.69, 9.17) is 4.74 Å². The average Bonchev–Trinajstić information content (AvgIpc) is 2.88. The smallest absolute Gasteiger partial charge is 0.253 e. The third-order valence-electron chi connectivity index (χ3n) is 5.48. The summed E-state index contributed by atoms with van der Waals surface area (Å²) in [4.78, 5) is 27.1. The summed E-state index contributed by atoms with van der Waals surface area (Å²) in [7, 11) is 0. The summed E-state index contributed by atoms with van der Waals surface area (Å²) in [6.07, 6.45) is 2.67. The number of amides is 2. The van der Waals surface area contributed by atoms with Crippen LogP contribution in [0.1, 0.15) is 42.6 Å². The standard InChI is InChI=1S/C29H35N3O3/c1-3-18-32(19-4-2)29(34)24-11-8-12-26(21-24)31-28(33)22-30-25-13-15-27(16-14-25)35-20-17-23-9-6-5-7-10-23/h5-16,21,30H,3-4,17-20,22H2,1-2H3,(H,31,33). The van der Waals surface area contributed by atoms with E-state index in [2.05, 4.69) is 36.6 Å². The SMILES string of the molecule is CCCN(CCC)C(=O)c1cccc(NC(=O)CNc2ccc(OCCc3ccccc3)cc2)c1. The maximum Gasteiger partial charge on any atom is 0.253 e. The van der Waals surface area contributed by atoms with Crippen molar-refractivity contribution in [1.29, 1.82) is 0 Å². The van der Waals surface area contributed by atoms with E-state index in [-0.39, 0.29) is 18.4 Å². The minimum atomic E-state index is -0.184. The molecule has 0 aromatic heterocycles. The first-order valence-corrected chi connectivity index (χ1v) is 12.3. The Balaban J connectivity index is 1.46. The van der Waals surface area contributed by atoms with Gasteiger partial charge in [0.25, 0.3) is 5.91 Å². The van der Waals surface area contributed by atoms with Crippen LogP contribution in [0.25, 0.3) is 0 Å². The van der Waals surface area contributed by atoms with Crippen molar-refractivity contribution in [1.82, 2.24) is 4.90 Å². The maximum atomic E-state index is 12.8. The number of ether oxygens (including phenoxy) is 1. The van der Waals surface area contributed by atoms with Crippen molar-refractivity contribution in [2.45, 2.75) is 33.1 Å². The molecule has 3 aromatic rings. The second-order valence-electron chi connectivity index (χ2n) is 8.38. The zero-order chi connectivity index (χ0) is 24.9. The van der Waals surface area contributed by atoms with E-state index in [1.807, 2.05) is 47.4 Å². The highest BCUT2D eigenvalue weighted by atomic mass is 16.5. The fraction of sp³-hybridized carbons (Fsp3) is 0.310. The second-order valence-corrected chi connectivity index (χ2v) is 8.38. The lowest BCUT2D eigenvalue weighted by atomic mass is 10.1. The molecular weight excluding hydrogens is 438 g/mol. The Morgan fingerprint density at radius 1 is 0.829 bits per heavy atom. The molecule has 2 amide bonds. The molecule has 6 nitrogen and oxygen atoms in total. The Morgan fingerprint density at radius 3 is 2.23 bits per heavy atom. The van der Waals surface area contributed by atoms with Crippen molar-refractivity contribution in [2.24, 2.45) is 0 Å². The van der Waals surface area contributed by atoms with Crippen molar-refractivity contribution >= 4 is 23.2 Å². The van der Waals surface area contributed by atoms with Crippen LogP contribution in [-0.4, -0.2) is 43.0 Å². The predicted octanol–water partition coefficient (Wildman–Crippen LogP) is 5.62. The number of hydrogen-bond acceptors (Lipinski definition) is 4. The highest BCUT2D eigenvalue weighted by Gasteiger charge is 2.15. The number of carbonyl (C=O) groups is 2. The van der Waals surface area contributed by atoms with Gasteiger partial charge in [-0.05, 0) is 60.9 Å². The lowest BCUT2D eigenvalue weighted by molar-refractivity contribution is -0.114. The average molecular weight is 474 g/mol. The Kier molecular flexibility index (Phi) is 10.2. The van der Waals surface area contributed by atoms with Crippen molar-refractivity contribution in [3.05, 3.63) is 90.0 Å². The molecule has 0 fully saturated rings. The van der Waals surface area contributed by atoms with Gasteiger partial charge in [-0.2, -0.15) is 0 Å². The quantitative estimate of drug-likeness (QED) is 0.338. The molecule has 0 saturated carbocycles. The molecule has 0 heterocycles. The lowest BCUT2D eigenvalue weighted by Gasteiger charge is -2.21. The van der Waals surface area contributed by atoms with Gasteiger partial charge in [-0.25, -0.2) is 0 Å². The molecule has 0 aliphatic carbocycles. The normalized spacial score (nSPS) is 10.5. The molecule has 3 aromatic carbocycles. The minimum absolute atomic E-state index is 0.00555. The van der Waals surface area contributed by atoms with Crippen LogP contribution in [0, 0.1) is 0 Å². The Morgan fingerprint density at radius 2 is 1.54 bits per heavy atom. The molecule has 0 radical (unpaired) electrons. The molecule has 184 valence electrons. The van der Waals surface area contributed by atoms with Crippen LogP contribution in [0.15, 0.2) is 78.9 Å². The summed E-state index contributed by atoms with van der Waals surface area (Å²) in [5.41, 5.74) is 3.26. The molecule has 2 N–H and O–H groups in total. The highest BCUT2D eigenvalue weighted by Crippen LogP contribution is 2.17. The number of nitrogens with zero attached hydrogens (tertiary/aromatic N) is 1. The topological polar surface area (TPSA) is 70.7 Å². The second kappa shape index (κ2) is 13.8. The molecule has 0 aliphatic heterocycles. The Bertz CT molecular complexity index is 1060. The van der Waals surface area contributed by atoms with E-state index in [0.717, 1.165) is 43.8 Å². The molecule has 0 spiro atoms. The van der Waals surface area contributed by atoms with Gasteiger partial charge in [0.1, 0.15) is 5.75 Å². The summed E-state index contributed by atoms with van der Waals surface area (Å²) in [5, 5.41) is 5.99. The highest BCUT2D eigenvalue weighted by molar-refractivity contribution is 5.98. The van der Waals surface area contributed by atoms with Crippen molar-refractivity contribution in [3.63, 3.8) is 0 Å². The van der Waals surface area contributed by atoms with Crippen molar-refractivity contribution < 1.29 is 14.3 Å². The van der Waals surface area contributed by atoms with E-state index in [1.165, 1.54) is 5.56 Å². The molecule has 0 bridgehead atoms. The van der Waals surface area contributed by atoms with E-state index >= 15 is 0 Å². The number of carbonyl (C=O) groups excluding carboxylic acids is 2. The molecular formula is C29H35N3O3. The first-order valence-electron chi connectivity index (χ1n) is 12.3. The molecule has 0 saturated heterocycles. The summed E-state index contributed by atoms with van der Waals surface area (Å²) in [5.74, 6) is 0.600. The monoisotopic (exact) mass is 473 g/mol. The first kappa shape index (κ1) is 25.8. The van der Waals surface area contributed by atoms with Crippen LogP contribution in [-0.2, 0) is 11.2 Å².